The number of anilines is 1. The number of nitrogens with two attached hydrogens (primary N) is 1. The van der Waals surface area contributed by atoms with Gasteiger partial charge in [0, 0.05) is 6.20 Å². The van der Waals surface area contributed by atoms with Crippen LogP contribution >= 0.6 is 0 Å². The smallest absolute Gasteiger partial charge is 0.296 e. The van der Waals surface area contributed by atoms with Crippen LogP contribution in [0.1, 0.15) is 5.76 Å². The number of hydrogen-bond donors (Lipinski definition) is 2. The lowest BCUT2D eigenvalue weighted by atomic mass is 10.5. The van der Waals surface area contributed by atoms with Gasteiger partial charge in [-0.25, -0.2) is 0 Å². The van der Waals surface area contributed by atoms with E-state index >= 15 is 0 Å². The van der Waals surface area contributed by atoms with Crippen molar-refractivity contribution in [2.45, 2.75) is 11.6 Å². The van der Waals surface area contributed by atoms with Crippen molar-refractivity contribution < 1.29 is 12.8 Å². The Balaban J connectivity index is 2.25. The van der Waals surface area contributed by atoms with E-state index in [1.807, 2.05) is 0 Å². The number of furan rings is 1. The molecule has 7 nitrogen and oxygen atoms in total. The summed E-state index contributed by atoms with van der Waals surface area (Å²) >= 11 is 0. The van der Waals surface area contributed by atoms with E-state index in [4.69, 9.17) is 10.2 Å². The lowest BCUT2D eigenvalue weighted by molar-refractivity contribution is 0.417. The molecule has 2 aromatic heterocycles. The maximum atomic E-state index is 11.8. The van der Waals surface area contributed by atoms with Crippen molar-refractivity contribution in [1.29, 1.82) is 0 Å². The van der Waals surface area contributed by atoms with Gasteiger partial charge in [-0.15, -0.1) is 5.10 Å². The van der Waals surface area contributed by atoms with Crippen LogP contribution in [0.25, 0.3) is 0 Å². The standard InChI is InChI=1S/C9H10N4O3S/c10-6-7-3-4-9(16-7)17(14,15)13-8-2-1-5-11-12-8/h1-5H,6,10H2,(H,12,13). The molecule has 0 bridgehead atoms. The Bertz CT molecular complexity index is 594. The zero-order valence-electron chi connectivity index (χ0n) is 8.70. The third-order valence-corrected chi connectivity index (χ3v) is 3.14. The summed E-state index contributed by atoms with van der Waals surface area (Å²) in [4.78, 5) is 0. The highest BCUT2D eigenvalue weighted by Gasteiger charge is 2.19. The van der Waals surface area contributed by atoms with E-state index in [1.54, 1.807) is 6.07 Å². The molecule has 0 aliphatic carbocycles. The lowest BCUT2D eigenvalue weighted by Crippen LogP contribution is -2.13. The van der Waals surface area contributed by atoms with E-state index in [9.17, 15) is 8.42 Å². The summed E-state index contributed by atoms with van der Waals surface area (Å²) in [6.45, 7) is 0.140. The van der Waals surface area contributed by atoms with E-state index in [2.05, 4.69) is 14.9 Å². The summed E-state index contributed by atoms with van der Waals surface area (Å²) in [5.41, 5.74) is 5.33. The molecule has 0 fully saturated rings. The van der Waals surface area contributed by atoms with Crippen LogP contribution in [-0.4, -0.2) is 18.6 Å². The monoisotopic (exact) mass is 254 g/mol. The average Bonchev–Trinajstić information content (AvgIpc) is 2.79. The van der Waals surface area contributed by atoms with Crippen LogP contribution in [-0.2, 0) is 16.6 Å². The highest BCUT2D eigenvalue weighted by molar-refractivity contribution is 7.92. The van der Waals surface area contributed by atoms with Gasteiger partial charge in [-0.05, 0) is 24.3 Å². The molecule has 2 rings (SSSR count). The van der Waals surface area contributed by atoms with Gasteiger partial charge in [0.05, 0.1) is 6.54 Å². The van der Waals surface area contributed by atoms with Crippen molar-refractivity contribution in [2.75, 3.05) is 4.72 Å². The Morgan fingerprint density at radius 3 is 2.76 bits per heavy atom. The minimum absolute atomic E-state index is 0.123. The van der Waals surface area contributed by atoms with Gasteiger partial charge >= 0.3 is 0 Å². The molecule has 0 unspecified atom stereocenters. The Hall–Kier alpha value is -1.93. The van der Waals surface area contributed by atoms with E-state index in [0.717, 1.165) is 0 Å². The van der Waals surface area contributed by atoms with E-state index < -0.39 is 10.0 Å². The Morgan fingerprint density at radius 1 is 1.35 bits per heavy atom. The number of nitrogens with one attached hydrogen (secondary N) is 1. The molecular weight excluding hydrogens is 244 g/mol. The number of nitrogens with zero attached hydrogens (tertiary/aromatic N) is 2. The highest BCUT2D eigenvalue weighted by atomic mass is 32.2. The maximum Gasteiger partial charge on any atom is 0.296 e. The minimum Gasteiger partial charge on any atom is -0.446 e. The second-order valence-electron chi connectivity index (χ2n) is 3.14. The Labute approximate surface area is 97.7 Å². The maximum absolute atomic E-state index is 11.8. The van der Waals surface area contributed by atoms with Gasteiger partial charge in [0.15, 0.2) is 5.82 Å². The molecule has 2 aromatic rings. The summed E-state index contributed by atoms with van der Waals surface area (Å²) in [6.07, 6.45) is 1.44. The molecule has 17 heavy (non-hydrogen) atoms. The number of sulfonamides is 1. The van der Waals surface area contributed by atoms with Crippen LogP contribution in [0, 0.1) is 0 Å². The van der Waals surface area contributed by atoms with Crippen LogP contribution < -0.4 is 10.5 Å². The average molecular weight is 254 g/mol. The van der Waals surface area contributed by atoms with Crippen LogP contribution in [0.15, 0.2) is 40.0 Å². The molecule has 0 amide bonds. The Kier molecular flexibility index (Phi) is 3.07. The first-order chi connectivity index (χ1) is 8.12. The number of rotatable bonds is 4. The van der Waals surface area contributed by atoms with Gasteiger partial charge in [-0.2, -0.15) is 13.5 Å². The molecule has 2 heterocycles. The molecule has 0 atom stereocenters. The summed E-state index contributed by atoms with van der Waals surface area (Å²) in [5.74, 6) is 0.516. The van der Waals surface area contributed by atoms with Crippen molar-refractivity contribution >= 4 is 15.8 Å². The fourth-order valence-electron chi connectivity index (χ4n) is 1.16. The van der Waals surface area contributed by atoms with Crippen molar-refractivity contribution in [2.24, 2.45) is 5.73 Å². The Morgan fingerprint density at radius 2 is 2.18 bits per heavy atom. The topological polar surface area (TPSA) is 111 Å². The summed E-state index contributed by atoms with van der Waals surface area (Å²) < 4.78 is 30.9. The zero-order chi connectivity index (χ0) is 12.3. The van der Waals surface area contributed by atoms with Gasteiger partial charge in [-0.1, -0.05) is 0 Å². The van der Waals surface area contributed by atoms with Gasteiger partial charge in [0.25, 0.3) is 10.0 Å². The first kappa shape index (κ1) is 11.6. The third kappa shape index (κ3) is 2.60. The van der Waals surface area contributed by atoms with E-state index in [0.29, 0.717) is 5.76 Å². The zero-order valence-corrected chi connectivity index (χ0v) is 9.52. The minimum atomic E-state index is -3.78. The molecule has 0 aliphatic heterocycles. The molecule has 8 heteroatoms. The van der Waals surface area contributed by atoms with Crippen molar-refractivity contribution in [3.63, 3.8) is 0 Å². The van der Waals surface area contributed by atoms with Crippen molar-refractivity contribution in [3.8, 4) is 0 Å². The quantitative estimate of drug-likeness (QED) is 0.813. The van der Waals surface area contributed by atoms with Gasteiger partial charge < -0.3 is 10.2 Å². The van der Waals surface area contributed by atoms with Crippen molar-refractivity contribution in [1.82, 2.24) is 10.2 Å². The predicted molar refractivity (Wildman–Crippen MR) is 59.4 cm³/mol. The molecule has 3 N–H and O–H groups in total. The summed E-state index contributed by atoms with van der Waals surface area (Å²) in [7, 11) is -3.78. The van der Waals surface area contributed by atoms with E-state index in [1.165, 1.54) is 24.4 Å². The molecular formula is C9H10N4O3S. The number of hydrogen-bond acceptors (Lipinski definition) is 6. The predicted octanol–water partition coefficient (Wildman–Crippen LogP) is 0.329. The van der Waals surface area contributed by atoms with Gasteiger partial charge in [0.1, 0.15) is 5.76 Å². The first-order valence-corrected chi connectivity index (χ1v) is 6.19. The third-order valence-electron chi connectivity index (χ3n) is 1.91. The van der Waals surface area contributed by atoms with E-state index in [-0.39, 0.29) is 17.5 Å². The molecule has 0 aromatic carbocycles. The molecule has 0 saturated heterocycles. The highest BCUT2D eigenvalue weighted by Crippen LogP contribution is 2.16. The summed E-state index contributed by atoms with van der Waals surface area (Å²) in [6, 6.07) is 5.89. The van der Waals surface area contributed by atoms with Gasteiger partial charge in [-0.3, -0.25) is 4.72 Å². The largest absolute Gasteiger partial charge is 0.446 e. The fourth-order valence-corrected chi connectivity index (χ4v) is 2.11. The second-order valence-corrected chi connectivity index (χ2v) is 4.75. The molecule has 0 radical (unpaired) electrons. The van der Waals surface area contributed by atoms with Crippen molar-refractivity contribution in [3.05, 3.63) is 36.2 Å². The number of aromatic nitrogens is 2. The van der Waals surface area contributed by atoms with Crippen LogP contribution in [0.4, 0.5) is 5.82 Å². The SMILES string of the molecule is NCc1ccc(S(=O)(=O)Nc2cccnn2)o1. The lowest BCUT2D eigenvalue weighted by Gasteiger charge is -2.02. The normalized spacial score (nSPS) is 11.4. The second kappa shape index (κ2) is 4.52. The first-order valence-electron chi connectivity index (χ1n) is 4.71. The molecule has 90 valence electrons. The summed E-state index contributed by atoms with van der Waals surface area (Å²) in [5, 5.41) is 6.96. The van der Waals surface area contributed by atoms with Crippen LogP contribution in [0.2, 0.25) is 0 Å². The van der Waals surface area contributed by atoms with Crippen LogP contribution in [0.5, 0.6) is 0 Å². The molecule has 0 aliphatic rings. The van der Waals surface area contributed by atoms with Crippen LogP contribution in [0.3, 0.4) is 0 Å². The fraction of sp³-hybridized carbons (Fsp3) is 0.111. The molecule has 0 spiro atoms. The molecule has 0 saturated carbocycles. The van der Waals surface area contributed by atoms with Gasteiger partial charge in [0.2, 0.25) is 5.09 Å².